The molecule has 3 aromatic rings. The van der Waals surface area contributed by atoms with E-state index in [9.17, 15) is 13.2 Å². The first-order valence-electron chi connectivity index (χ1n) is 9.25. The largest absolute Gasteiger partial charge is 0.360 e. The fourth-order valence-electron chi connectivity index (χ4n) is 3.19. The lowest BCUT2D eigenvalue weighted by atomic mass is 10.1. The Morgan fingerprint density at radius 1 is 1.00 bits per heavy atom. The number of aryl methyl sites for hydroxylation is 1. The molecular weight excluding hydrogens is 404 g/mol. The van der Waals surface area contributed by atoms with Crippen LogP contribution < -0.4 is 9.62 Å². The number of sulfonamides is 1. The summed E-state index contributed by atoms with van der Waals surface area (Å²) in [5.74, 6) is -0.475. The molecule has 0 fully saturated rings. The molecule has 2 heterocycles. The zero-order valence-corrected chi connectivity index (χ0v) is 17.5. The van der Waals surface area contributed by atoms with Crippen LogP contribution in [0.15, 0.2) is 77.1 Å². The summed E-state index contributed by atoms with van der Waals surface area (Å²) in [7, 11) is -3.99. The van der Waals surface area contributed by atoms with Crippen LogP contribution in [0.4, 0.5) is 11.4 Å². The van der Waals surface area contributed by atoms with E-state index in [4.69, 9.17) is 0 Å². The van der Waals surface area contributed by atoms with Gasteiger partial charge < -0.3 is 5.32 Å². The van der Waals surface area contributed by atoms with Gasteiger partial charge in [0.15, 0.2) is 4.91 Å². The third-order valence-electron chi connectivity index (χ3n) is 4.81. The highest BCUT2D eigenvalue weighted by atomic mass is 32.2. The Balaban J connectivity index is 1.71. The number of ketones is 1. The van der Waals surface area contributed by atoms with Gasteiger partial charge in [0.2, 0.25) is 5.78 Å². The number of nitrogens with zero attached hydrogens (tertiary/aromatic N) is 1. The summed E-state index contributed by atoms with van der Waals surface area (Å²) < 4.78 is 27.9. The van der Waals surface area contributed by atoms with Crippen LogP contribution in [0.3, 0.4) is 0 Å². The third kappa shape index (κ3) is 3.71. The van der Waals surface area contributed by atoms with Crippen LogP contribution in [0.2, 0.25) is 0 Å². The molecule has 29 heavy (non-hydrogen) atoms. The summed E-state index contributed by atoms with van der Waals surface area (Å²) in [4.78, 5) is 13.1. The van der Waals surface area contributed by atoms with Gasteiger partial charge in [-0.3, -0.25) is 9.10 Å². The molecule has 5 nitrogen and oxygen atoms in total. The maximum absolute atomic E-state index is 13.3. The number of hydrogen-bond acceptors (Lipinski definition) is 5. The fourth-order valence-corrected chi connectivity index (χ4v) is 5.67. The smallest absolute Gasteiger partial charge is 0.270 e. The number of fused-ring (bicyclic) bond motifs is 1. The monoisotopic (exact) mass is 424 g/mol. The van der Waals surface area contributed by atoms with Crippen molar-refractivity contribution in [3.63, 3.8) is 0 Å². The first kappa shape index (κ1) is 19.4. The van der Waals surface area contributed by atoms with E-state index in [2.05, 4.69) is 12.2 Å². The van der Waals surface area contributed by atoms with Gasteiger partial charge in [0.25, 0.3) is 10.0 Å². The highest BCUT2D eigenvalue weighted by Gasteiger charge is 2.41. The quantitative estimate of drug-likeness (QED) is 0.598. The number of hydrogen-bond donors (Lipinski definition) is 1. The number of Topliss-reactive ketones (excluding diaryl/α,β-unsaturated/α-hetero) is 1. The molecule has 1 N–H and O–H groups in total. The van der Waals surface area contributed by atoms with E-state index in [0.29, 0.717) is 10.6 Å². The standard InChI is InChI=1S/C22H20N2O3S2/c1-2-16-8-10-18(11-9-16)23-14-20-21(25)22-19(12-13-28-22)24(29(20,26)27)15-17-6-4-3-5-7-17/h3-14,23H,2,15H2,1H3. The van der Waals surface area contributed by atoms with E-state index in [1.165, 1.54) is 27.4 Å². The minimum atomic E-state index is -3.99. The van der Waals surface area contributed by atoms with Gasteiger partial charge in [0, 0.05) is 11.9 Å². The number of benzene rings is 2. The van der Waals surface area contributed by atoms with E-state index < -0.39 is 15.8 Å². The topological polar surface area (TPSA) is 66.5 Å². The molecule has 1 aliphatic rings. The average molecular weight is 425 g/mol. The Morgan fingerprint density at radius 2 is 1.72 bits per heavy atom. The number of allylic oxidation sites excluding steroid dienone is 1. The Labute approximate surface area is 174 Å². The second-order valence-corrected chi connectivity index (χ2v) is 9.41. The predicted octanol–water partition coefficient (Wildman–Crippen LogP) is 4.80. The summed E-state index contributed by atoms with van der Waals surface area (Å²) in [6, 6.07) is 18.7. The van der Waals surface area contributed by atoms with Gasteiger partial charge in [-0.1, -0.05) is 49.4 Å². The van der Waals surface area contributed by atoms with Crippen LogP contribution in [0.5, 0.6) is 0 Å². The molecule has 1 aromatic heterocycles. The molecule has 0 aliphatic carbocycles. The lowest BCUT2D eigenvalue weighted by molar-refractivity contribution is 0.104. The van der Waals surface area contributed by atoms with Crippen LogP contribution in [0, 0.1) is 0 Å². The number of nitrogens with one attached hydrogen (secondary N) is 1. The molecule has 2 aromatic carbocycles. The first-order chi connectivity index (χ1) is 14.0. The van der Waals surface area contributed by atoms with Crippen LogP contribution in [-0.4, -0.2) is 14.2 Å². The van der Waals surface area contributed by atoms with Gasteiger partial charge >= 0.3 is 0 Å². The summed E-state index contributed by atoms with van der Waals surface area (Å²) in [6.07, 6.45) is 2.23. The molecule has 0 saturated heterocycles. The lowest BCUT2D eigenvalue weighted by Gasteiger charge is -2.29. The van der Waals surface area contributed by atoms with Crippen molar-refractivity contribution >= 4 is 38.5 Å². The van der Waals surface area contributed by atoms with E-state index in [0.717, 1.165) is 17.7 Å². The van der Waals surface area contributed by atoms with Crippen molar-refractivity contribution in [1.82, 2.24) is 0 Å². The van der Waals surface area contributed by atoms with Crippen molar-refractivity contribution in [3.8, 4) is 0 Å². The highest BCUT2D eigenvalue weighted by molar-refractivity contribution is 7.97. The Bertz CT molecular complexity index is 1160. The lowest BCUT2D eigenvalue weighted by Crippen LogP contribution is -2.38. The molecule has 0 unspecified atom stereocenters. The summed E-state index contributed by atoms with van der Waals surface area (Å²) >= 11 is 1.25. The molecule has 0 atom stereocenters. The van der Waals surface area contributed by atoms with Crippen LogP contribution in [0.1, 0.15) is 27.7 Å². The molecule has 0 bridgehead atoms. The van der Waals surface area contributed by atoms with Gasteiger partial charge in [-0.15, -0.1) is 11.3 Å². The normalized spacial score (nSPS) is 16.7. The zero-order chi connectivity index (χ0) is 20.4. The van der Waals surface area contributed by atoms with E-state index >= 15 is 0 Å². The maximum Gasteiger partial charge on any atom is 0.270 e. The zero-order valence-electron chi connectivity index (χ0n) is 15.8. The molecule has 0 radical (unpaired) electrons. The Kier molecular flexibility index (Phi) is 5.25. The number of carbonyl (C=O) groups excluding carboxylic acids is 1. The minimum Gasteiger partial charge on any atom is -0.360 e. The van der Waals surface area contributed by atoms with Crippen LogP contribution >= 0.6 is 11.3 Å². The first-order valence-corrected chi connectivity index (χ1v) is 11.6. The number of anilines is 2. The minimum absolute atomic E-state index is 0.169. The van der Waals surface area contributed by atoms with Crippen LogP contribution in [-0.2, 0) is 23.0 Å². The van der Waals surface area contributed by atoms with Crippen molar-refractivity contribution in [1.29, 1.82) is 0 Å². The predicted molar refractivity (Wildman–Crippen MR) is 118 cm³/mol. The Hall–Kier alpha value is -2.90. The fraction of sp³-hybridized carbons (Fsp3) is 0.136. The maximum atomic E-state index is 13.3. The molecule has 7 heteroatoms. The summed E-state index contributed by atoms with van der Waals surface area (Å²) in [5.41, 5.74) is 3.20. The van der Waals surface area contributed by atoms with E-state index in [-0.39, 0.29) is 11.4 Å². The number of thiophene rings is 1. The average Bonchev–Trinajstić information content (AvgIpc) is 3.22. The number of rotatable bonds is 5. The van der Waals surface area contributed by atoms with E-state index in [1.54, 1.807) is 11.4 Å². The van der Waals surface area contributed by atoms with Gasteiger partial charge in [-0.2, -0.15) is 0 Å². The SMILES string of the molecule is CCc1ccc(NC=C2C(=O)c3sccc3N(Cc3ccccc3)S2(=O)=O)cc1. The molecule has 0 spiro atoms. The van der Waals surface area contributed by atoms with E-state index in [1.807, 2.05) is 54.6 Å². The highest BCUT2D eigenvalue weighted by Crippen LogP contribution is 2.39. The molecule has 1 aliphatic heterocycles. The van der Waals surface area contributed by atoms with Gasteiger partial charge in [-0.05, 0) is 41.1 Å². The molecule has 148 valence electrons. The van der Waals surface area contributed by atoms with Gasteiger partial charge in [0.05, 0.1) is 12.2 Å². The van der Waals surface area contributed by atoms with Crippen molar-refractivity contribution in [2.75, 3.05) is 9.62 Å². The second-order valence-electron chi connectivity index (χ2n) is 6.66. The summed E-state index contributed by atoms with van der Waals surface area (Å²) in [5, 5.41) is 4.72. The van der Waals surface area contributed by atoms with Gasteiger partial charge in [-0.25, -0.2) is 8.42 Å². The van der Waals surface area contributed by atoms with Gasteiger partial charge in [0.1, 0.15) is 4.88 Å². The molecule has 0 amide bonds. The summed E-state index contributed by atoms with van der Waals surface area (Å²) in [6.45, 7) is 2.24. The van der Waals surface area contributed by atoms with Crippen molar-refractivity contribution in [2.24, 2.45) is 0 Å². The van der Waals surface area contributed by atoms with Crippen molar-refractivity contribution < 1.29 is 13.2 Å². The van der Waals surface area contributed by atoms with Crippen LogP contribution in [0.25, 0.3) is 0 Å². The third-order valence-corrected chi connectivity index (χ3v) is 7.48. The molecular formula is C22H20N2O3S2. The second kappa shape index (κ2) is 7.85. The molecule has 4 rings (SSSR count). The van der Waals surface area contributed by atoms with Crippen molar-refractivity contribution in [3.05, 3.63) is 93.2 Å². The molecule has 0 saturated carbocycles. The number of carbonyl (C=O) groups is 1. The van der Waals surface area contributed by atoms with Crippen molar-refractivity contribution in [2.45, 2.75) is 19.9 Å². The Morgan fingerprint density at radius 3 is 2.41 bits per heavy atom.